The summed E-state index contributed by atoms with van der Waals surface area (Å²) in [7, 11) is 0. The van der Waals surface area contributed by atoms with Crippen molar-refractivity contribution in [2.75, 3.05) is 31.1 Å². The van der Waals surface area contributed by atoms with Crippen LogP contribution in [0.4, 0.5) is 5.69 Å². The molecule has 8 nitrogen and oxygen atoms in total. The summed E-state index contributed by atoms with van der Waals surface area (Å²) in [4.78, 5) is 18.1. The fourth-order valence-corrected chi connectivity index (χ4v) is 4.05. The van der Waals surface area contributed by atoms with Gasteiger partial charge in [0.2, 0.25) is 11.8 Å². The maximum atomic E-state index is 5.88. The van der Waals surface area contributed by atoms with E-state index in [2.05, 4.69) is 42.0 Å². The van der Waals surface area contributed by atoms with Gasteiger partial charge in [-0.3, -0.25) is 4.90 Å². The van der Waals surface area contributed by atoms with Crippen LogP contribution in [0, 0.1) is 0 Å². The molecular formula is C22H28N6O2. The van der Waals surface area contributed by atoms with Crippen LogP contribution in [0.2, 0.25) is 0 Å². The van der Waals surface area contributed by atoms with Crippen LogP contribution in [0.3, 0.4) is 0 Å². The standard InChI is InChI=1S/C22H28N6O2/c1-15(2)29-22-18-12-17(6-7-19(18)23-14-24-22)28-10-8-27(9-11-28)13-20-25-21(30-26-20)16-4-3-5-16/h6-7,12,14-16H,3-5,8-11,13H2,1-2H3. The van der Waals surface area contributed by atoms with Crippen molar-refractivity contribution < 1.29 is 9.26 Å². The van der Waals surface area contributed by atoms with Crippen molar-refractivity contribution in [3.63, 3.8) is 0 Å². The van der Waals surface area contributed by atoms with E-state index in [1.54, 1.807) is 6.33 Å². The molecule has 5 rings (SSSR count). The van der Waals surface area contributed by atoms with Crippen LogP contribution in [0.5, 0.6) is 5.88 Å². The molecule has 0 bridgehead atoms. The van der Waals surface area contributed by atoms with Gasteiger partial charge in [-0.25, -0.2) is 9.97 Å². The Hall–Kier alpha value is -2.74. The second-order valence-corrected chi connectivity index (χ2v) is 8.49. The zero-order valence-electron chi connectivity index (χ0n) is 17.6. The molecule has 0 amide bonds. The number of rotatable bonds is 6. The summed E-state index contributed by atoms with van der Waals surface area (Å²) >= 11 is 0. The summed E-state index contributed by atoms with van der Waals surface area (Å²) in [5.41, 5.74) is 2.08. The van der Waals surface area contributed by atoms with Gasteiger partial charge in [0.1, 0.15) is 6.33 Å². The van der Waals surface area contributed by atoms with E-state index in [0.29, 0.717) is 11.8 Å². The fourth-order valence-electron chi connectivity index (χ4n) is 4.05. The van der Waals surface area contributed by atoms with Gasteiger partial charge in [-0.2, -0.15) is 4.98 Å². The fraction of sp³-hybridized carbons (Fsp3) is 0.545. The Bertz CT molecular complexity index is 1010. The highest BCUT2D eigenvalue weighted by Gasteiger charge is 2.26. The number of ether oxygens (including phenoxy) is 1. The monoisotopic (exact) mass is 408 g/mol. The molecule has 0 N–H and O–H groups in total. The minimum Gasteiger partial charge on any atom is -0.474 e. The van der Waals surface area contributed by atoms with Gasteiger partial charge in [0, 0.05) is 37.8 Å². The molecule has 30 heavy (non-hydrogen) atoms. The molecule has 2 fully saturated rings. The summed E-state index contributed by atoms with van der Waals surface area (Å²) in [6.07, 6.45) is 5.27. The molecule has 2 aliphatic rings. The lowest BCUT2D eigenvalue weighted by Gasteiger charge is -2.35. The first-order valence-corrected chi connectivity index (χ1v) is 10.9. The molecular weight excluding hydrogens is 380 g/mol. The Morgan fingerprint density at radius 2 is 1.97 bits per heavy atom. The SMILES string of the molecule is CC(C)Oc1ncnc2ccc(N3CCN(Cc4noc(C5CCC5)n4)CC3)cc12. The normalized spacial score (nSPS) is 18.2. The van der Waals surface area contributed by atoms with Crippen LogP contribution in [0.1, 0.15) is 50.7 Å². The van der Waals surface area contributed by atoms with E-state index in [1.807, 2.05) is 19.9 Å². The van der Waals surface area contributed by atoms with E-state index in [4.69, 9.17) is 9.26 Å². The quantitative estimate of drug-likeness (QED) is 0.614. The minimum atomic E-state index is 0.0743. The van der Waals surface area contributed by atoms with Gasteiger partial charge in [0.15, 0.2) is 5.82 Å². The molecule has 0 radical (unpaired) electrons. The molecule has 1 saturated heterocycles. The summed E-state index contributed by atoms with van der Waals surface area (Å²) < 4.78 is 11.3. The lowest BCUT2D eigenvalue weighted by Crippen LogP contribution is -2.46. The van der Waals surface area contributed by atoms with Crippen molar-refractivity contribution in [3.05, 3.63) is 36.2 Å². The first-order chi connectivity index (χ1) is 14.7. The van der Waals surface area contributed by atoms with Crippen molar-refractivity contribution in [2.24, 2.45) is 0 Å². The van der Waals surface area contributed by atoms with Gasteiger partial charge in [-0.05, 0) is 44.9 Å². The van der Waals surface area contributed by atoms with Gasteiger partial charge >= 0.3 is 0 Å². The maximum absolute atomic E-state index is 5.88. The zero-order chi connectivity index (χ0) is 20.5. The maximum Gasteiger partial charge on any atom is 0.229 e. The van der Waals surface area contributed by atoms with Crippen LogP contribution < -0.4 is 9.64 Å². The second kappa shape index (κ2) is 8.18. The number of aromatic nitrogens is 4. The summed E-state index contributed by atoms with van der Waals surface area (Å²) in [6.45, 7) is 8.60. The molecule has 0 unspecified atom stereocenters. The minimum absolute atomic E-state index is 0.0743. The number of benzene rings is 1. The number of anilines is 1. The zero-order valence-corrected chi connectivity index (χ0v) is 17.6. The lowest BCUT2D eigenvalue weighted by atomic mass is 9.85. The van der Waals surface area contributed by atoms with Crippen molar-refractivity contribution in [2.45, 2.75) is 51.7 Å². The van der Waals surface area contributed by atoms with Gasteiger partial charge in [-0.15, -0.1) is 0 Å². The molecule has 3 heterocycles. The second-order valence-electron chi connectivity index (χ2n) is 8.49. The van der Waals surface area contributed by atoms with Crippen molar-refractivity contribution >= 4 is 16.6 Å². The van der Waals surface area contributed by atoms with Crippen LogP contribution in [0.25, 0.3) is 10.9 Å². The van der Waals surface area contributed by atoms with E-state index in [-0.39, 0.29) is 6.10 Å². The highest BCUT2D eigenvalue weighted by Crippen LogP contribution is 2.35. The molecule has 1 aliphatic carbocycles. The smallest absolute Gasteiger partial charge is 0.229 e. The molecule has 158 valence electrons. The Morgan fingerprint density at radius 3 is 2.70 bits per heavy atom. The Kier molecular flexibility index (Phi) is 5.25. The van der Waals surface area contributed by atoms with E-state index in [1.165, 1.54) is 24.9 Å². The average molecular weight is 409 g/mol. The molecule has 2 aromatic heterocycles. The third-order valence-corrected chi connectivity index (χ3v) is 5.97. The van der Waals surface area contributed by atoms with E-state index >= 15 is 0 Å². The number of hydrogen-bond donors (Lipinski definition) is 0. The average Bonchev–Trinajstić information content (AvgIpc) is 3.14. The molecule has 8 heteroatoms. The summed E-state index contributed by atoms with van der Waals surface area (Å²) in [5.74, 6) is 2.77. The first kappa shape index (κ1) is 19.2. The number of nitrogens with zero attached hydrogens (tertiary/aromatic N) is 6. The first-order valence-electron chi connectivity index (χ1n) is 10.9. The van der Waals surface area contributed by atoms with E-state index in [9.17, 15) is 0 Å². The lowest BCUT2D eigenvalue weighted by molar-refractivity contribution is 0.235. The predicted octanol–water partition coefficient (Wildman–Crippen LogP) is 3.39. The van der Waals surface area contributed by atoms with Crippen LogP contribution >= 0.6 is 0 Å². The summed E-state index contributed by atoms with van der Waals surface area (Å²) in [6, 6.07) is 6.33. The highest BCUT2D eigenvalue weighted by atomic mass is 16.5. The number of piperazine rings is 1. The molecule has 1 saturated carbocycles. The van der Waals surface area contributed by atoms with Crippen LogP contribution in [-0.2, 0) is 6.54 Å². The third-order valence-electron chi connectivity index (χ3n) is 5.97. The molecule has 0 spiro atoms. The van der Waals surface area contributed by atoms with E-state index in [0.717, 1.165) is 55.3 Å². The topological polar surface area (TPSA) is 80.4 Å². The number of hydrogen-bond acceptors (Lipinski definition) is 8. The number of fused-ring (bicyclic) bond motifs is 1. The van der Waals surface area contributed by atoms with Gasteiger partial charge in [0.25, 0.3) is 0 Å². The molecule has 3 aromatic rings. The van der Waals surface area contributed by atoms with Gasteiger partial charge < -0.3 is 14.2 Å². The van der Waals surface area contributed by atoms with Crippen molar-refractivity contribution in [3.8, 4) is 5.88 Å². The Balaban J connectivity index is 1.23. The van der Waals surface area contributed by atoms with Crippen molar-refractivity contribution in [1.29, 1.82) is 0 Å². The van der Waals surface area contributed by atoms with Crippen molar-refractivity contribution in [1.82, 2.24) is 25.0 Å². The van der Waals surface area contributed by atoms with Crippen LogP contribution in [-0.4, -0.2) is 57.3 Å². The van der Waals surface area contributed by atoms with Gasteiger partial charge in [-0.1, -0.05) is 11.6 Å². The van der Waals surface area contributed by atoms with E-state index < -0.39 is 0 Å². The largest absolute Gasteiger partial charge is 0.474 e. The third kappa shape index (κ3) is 3.96. The van der Waals surface area contributed by atoms with Gasteiger partial charge in [0.05, 0.1) is 23.6 Å². The molecule has 0 atom stereocenters. The Morgan fingerprint density at radius 1 is 1.13 bits per heavy atom. The van der Waals surface area contributed by atoms with Crippen LogP contribution in [0.15, 0.2) is 29.0 Å². The Labute approximate surface area is 176 Å². The highest BCUT2D eigenvalue weighted by molar-refractivity contribution is 5.86. The predicted molar refractivity (Wildman–Crippen MR) is 114 cm³/mol. The molecule has 1 aromatic carbocycles. The molecule has 1 aliphatic heterocycles. The summed E-state index contributed by atoms with van der Waals surface area (Å²) in [5, 5.41) is 5.15.